The van der Waals surface area contributed by atoms with Crippen molar-refractivity contribution in [2.45, 2.75) is 45.4 Å². The minimum Gasteiger partial charge on any atom is -0.300 e. The molecule has 2 aliphatic rings. The monoisotopic (exact) mass is 194 g/mol. The summed E-state index contributed by atoms with van der Waals surface area (Å²) in [6.45, 7) is 1.71. The highest BCUT2D eigenvalue weighted by Crippen LogP contribution is 2.41. The quantitative estimate of drug-likeness (QED) is 0.642. The summed E-state index contributed by atoms with van der Waals surface area (Å²) in [5.41, 5.74) is 0. The Hall–Kier alpha value is -0.660. The molecule has 78 valence electrons. The van der Waals surface area contributed by atoms with E-state index >= 15 is 0 Å². The molecule has 2 heteroatoms. The summed E-state index contributed by atoms with van der Waals surface area (Å²) in [6, 6.07) is 0. The third-order valence-electron chi connectivity index (χ3n) is 4.00. The van der Waals surface area contributed by atoms with Crippen LogP contribution >= 0.6 is 0 Å². The normalized spacial score (nSPS) is 37.8. The molecule has 0 saturated heterocycles. The molecule has 0 amide bonds. The molecule has 0 N–H and O–H groups in total. The van der Waals surface area contributed by atoms with E-state index in [4.69, 9.17) is 0 Å². The Kier molecular flexibility index (Phi) is 2.71. The molecule has 14 heavy (non-hydrogen) atoms. The first-order valence-corrected chi connectivity index (χ1v) is 5.69. The first-order valence-electron chi connectivity index (χ1n) is 5.69. The van der Waals surface area contributed by atoms with Crippen molar-refractivity contribution in [1.82, 2.24) is 0 Å². The van der Waals surface area contributed by atoms with Crippen LogP contribution in [0.3, 0.4) is 0 Å². The lowest BCUT2D eigenvalue weighted by molar-refractivity contribution is -0.125. The van der Waals surface area contributed by atoms with Gasteiger partial charge in [-0.25, -0.2) is 0 Å². The highest BCUT2D eigenvalue weighted by molar-refractivity contribution is 5.80. The van der Waals surface area contributed by atoms with Gasteiger partial charge in [0.15, 0.2) is 0 Å². The highest BCUT2D eigenvalue weighted by Gasteiger charge is 2.35. The molecule has 3 atom stereocenters. The van der Waals surface area contributed by atoms with Gasteiger partial charge in [0, 0.05) is 18.8 Å². The fourth-order valence-corrected chi connectivity index (χ4v) is 3.06. The zero-order chi connectivity index (χ0) is 10.1. The van der Waals surface area contributed by atoms with Crippen LogP contribution in [-0.4, -0.2) is 11.6 Å². The van der Waals surface area contributed by atoms with Gasteiger partial charge in [0.05, 0.1) is 0 Å². The molecule has 0 heterocycles. The summed E-state index contributed by atoms with van der Waals surface area (Å²) < 4.78 is 0. The lowest BCUT2D eigenvalue weighted by Crippen LogP contribution is -2.33. The van der Waals surface area contributed by atoms with Gasteiger partial charge < -0.3 is 0 Å². The lowest BCUT2D eigenvalue weighted by Gasteiger charge is -2.37. The zero-order valence-corrected chi connectivity index (χ0v) is 8.79. The van der Waals surface area contributed by atoms with Gasteiger partial charge in [-0.1, -0.05) is 0 Å². The summed E-state index contributed by atoms with van der Waals surface area (Å²) in [7, 11) is 0. The third-order valence-corrected chi connectivity index (χ3v) is 4.00. The van der Waals surface area contributed by atoms with Gasteiger partial charge in [-0.15, -0.1) is 0 Å². The first-order chi connectivity index (χ1) is 6.66. The van der Waals surface area contributed by atoms with E-state index in [1.807, 2.05) is 0 Å². The number of hydrogen-bond acceptors (Lipinski definition) is 2. The Balaban J connectivity index is 1.98. The molecule has 2 nitrogen and oxygen atoms in total. The van der Waals surface area contributed by atoms with Crippen molar-refractivity contribution >= 4 is 11.6 Å². The predicted octanol–water partition coefficient (Wildman–Crippen LogP) is 2.36. The van der Waals surface area contributed by atoms with E-state index in [9.17, 15) is 9.59 Å². The Labute approximate surface area is 85.1 Å². The Bertz CT molecular complexity index is 257. The maximum absolute atomic E-state index is 11.3. The van der Waals surface area contributed by atoms with Crippen LogP contribution in [0.5, 0.6) is 0 Å². The third kappa shape index (κ3) is 1.89. The molecular formula is C12H18O2. The summed E-state index contributed by atoms with van der Waals surface area (Å²) in [5.74, 6) is 2.35. The van der Waals surface area contributed by atoms with Crippen LogP contribution in [0.1, 0.15) is 45.4 Å². The van der Waals surface area contributed by atoms with E-state index in [1.165, 1.54) is 0 Å². The molecule has 0 aromatic carbocycles. The average Bonchev–Trinajstić information content (AvgIpc) is 2.16. The number of fused-ring (bicyclic) bond motifs is 1. The molecule has 2 saturated carbocycles. The van der Waals surface area contributed by atoms with Crippen molar-refractivity contribution in [2.75, 3.05) is 0 Å². The van der Waals surface area contributed by atoms with Crippen molar-refractivity contribution in [3.05, 3.63) is 0 Å². The molecular weight excluding hydrogens is 176 g/mol. The smallest absolute Gasteiger partial charge is 0.133 e. The van der Waals surface area contributed by atoms with E-state index in [1.54, 1.807) is 6.92 Å². The summed E-state index contributed by atoms with van der Waals surface area (Å²) in [5, 5.41) is 0. The van der Waals surface area contributed by atoms with E-state index < -0.39 is 0 Å². The summed E-state index contributed by atoms with van der Waals surface area (Å²) >= 11 is 0. The molecule has 0 spiro atoms. The van der Waals surface area contributed by atoms with Gasteiger partial charge in [0.1, 0.15) is 11.6 Å². The lowest BCUT2D eigenvalue weighted by atomic mass is 9.66. The van der Waals surface area contributed by atoms with Crippen molar-refractivity contribution in [2.24, 2.45) is 17.8 Å². The Morgan fingerprint density at radius 1 is 1.21 bits per heavy atom. The Morgan fingerprint density at radius 2 is 2.00 bits per heavy atom. The molecule has 3 unspecified atom stereocenters. The summed E-state index contributed by atoms with van der Waals surface area (Å²) in [6.07, 6.45) is 5.74. The number of Topliss-reactive ketones (excluding diaryl/α,β-unsaturated/α-hetero) is 2. The molecule has 0 bridgehead atoms. The zero-order valence-electron chi connectivity index (χ0n) is 8.79. The van der Waals surface area contributed by atoms with Crippen LogP contribution in [-0.2, 0) is 9.59 Å². The fourth-order valence-electron chi connectivity index (χ4n) is 3.06. The molecule has 2 aliphatic carbocycles. The van der Waals surface area contributed by atoms with Gasteiger partial charge >= 0.3 is 0 Å². The van der Waals surface area contributed by atoms with E-state index in [0.29, 0.717) is 29.3 Å². The molecule has 2 rings (SSSR count). The number of carbonyl (C=O) groups excluding carboxylic acids is 2. The van der Waals surface area contributed by atoms with Gasteiger partial charge in [-0.3, -0.25) is 9.59 Å². The highest BCUT2D eigenvalue weighted by atomic mass is 16.1. The van der Waals surface area contributed by atoms with Gasteiger partial charge in [0.25, 0.3) is 0 Å². The van der Waals surface area contributed by atoms with Gasteiger partial charge in [0.2, 0.25) is 0 Å². The number of ketones is 2. The van der Waals surface area contributed by atoms with E-state index in [-0.39, 0.29) is 0 Å². The molecule has 2 fully saturated rings. The minimum absolute atomic E-state index is 0.296. The second-order valence-corrected chi connectivity index (χ2v) is 4.92. The van der Waals surface area contributed by atoms with Crippen molar-refractivity contribution in [1.29, 1.82) is 0 Å². The SMILES string of the molecule is CC(=O)C1CCC2CC(=O)CCC2C1. The maximum Gasteiger partial charge on any atom is 0.133 e. The van der Waals surface area contributed by atoms with E-state index in [2.05, 4.69) is 0 Å². The van der Waals surface area contributed by atoms with Crippen molar-refractivity contribution in [3.63, 3.8) is 0 Å². The first kappa shape index (κ1) is 9.88. The van der Waals surface area contributed by atoms with Crippen LogP contribution in [0.4, 0.5) is 0 Å². The number of rotatable bonds is 1. The number of carbonyl (C=O) groups is 2. The predicted molar refractivity (Wildman–Crippen MR) is 53.9 cm³/mol. The van der Waals surface area contributed by atoms with Crippen LogP contribution < -0.4 is 0 Å². The molecule has 0 aliphatic heterocycles. The van der Waals surface area contributed by atoms with Crippen LogP contribution in [0.2, 0.25) is 0 Å². The standard InChI is InChI=1S/C12H18O2/c1-8(13)9-2-3-11-7-12(14)5-4-10(11)6-9/h9-11H,2-7H2,1H3. The second-order valence-electron chi connectivity index (χ2n) is 4.92. The van der Waals surface area contributed by atoms with Crippen LogP contribution in [0, 0.1) is 17.8 Å². The topological polar surface area (TPSA) is 34.1 Å². The van der Waals surface area contributed by atoms with Crippen molar-refractivity contribution in [3.8, 4) is 0 Å². The largest absolute Gasteiger partial charge is 0.300 e. The second kappa shape index (κ2) is 3.84. The summed E-state index contributed by atoms with van der Waals surface area (Å²) in [4.78, 5) is 22.5. The maximum atomic E-state index is 11.3. The average molecular weight is 194 g/mol. The van der Waals surface area contributed by atoms with Gasteiger partial charge in [-0.2, -0.15) is 0 Å². The minimum atomic E-state index is 0.296. The molecule has 0 radical (unpaired) electrons. The van der Waals surface area contributed by atoms with Crippen molar-refractivity contribution < 1.29 is 9.59 Å². The van der Waals surface area contributed by atoms with Crippen LogP contribution in [0.25, 0.3) is 0 Å². The molecule has 0 aromatic heterocycles. The Morgan fingerprint density at radius 3 is 2.71 bits per heavy atom. The number of hydrogen-bond donors (Lipinski definition) is 0. The molecule has 0 aromatic rings. The van der Waals surface area contributed by atoms with Crippen LogP contribution in [0.15, 0.2) is 0 Å². The fraction of sp³-hybridized carbons (Fsp3) is 0.833. The van der Waals surface area contributed by atoms with Gasteiger partial charge in [-0.05, 0) is 44.4 Å². The van der Waals surface area contributed by atoms with E-state index in [0.717, 1.165) is 38.5 Å².